The third-order valence-corrected chi connectivity index (χ3v) is 12.4. The summed E-state index contributed by atoms with van der Waals surface area (Å²) in [5.41, 5.74) is 3.31. The van der Waals surface area contributed by atoms with Gasteiger partial charge in [0.2, 0.25) is 11.8 Å². The second-order valence-electron chi connectivity index (χ2n) is 14.6. The van der Waals surface area contributed by atoms with Gasteiger partial charge in [-0.15, -0.1) is 11.3 Å². The number of piperidine rings is 2. The molecule has 3 aromatic heterocycles. The SMILES string of the molecule is C[C@@H]1CNc2c(sc3ccc4nc(N5CC[C@@H](N6CCN(c7ccc8c(c7)n(C)c(=O)n8C7CCC(=O)NC7=O)CC6)C(F)(F)C5)ccc4c23)C(=O)N1. The molecule has 3 fully saturated rings. The predicted molar refractivity (Wildman–Crippen MR) is 200 cm³/mol. The molecule has 3 atom stereocenters. The first-order valence-electron chi connectivity index (χ1n) is 18.0. The van der Waals surface area contributed by atoms with Crippen molar-refractivity contribution in [3.63, 3.8) is 0 Å². The number of nitrogens with zero attached hydrogens (tertiary/aromatic N) is 6. The van der Waals surface area contributed by atoms with Crippen LogP contribution in [-0.4, -0.2) is 101 Å². The van der Waals surface area contributed by atoms with E-state index in [1.165, 1.54) is 20.5 Å². The number of anilines is 3. The number of pyridine rings is 1. The van der Waals surface area contributed by atoms with Gasteiger partial charge >= 0.3 is 5.69 Å². The number of fused-ring (bicyclic) bond motifs is 6. The van der Waals surface area contributed by atoms with Crippen LogP contribution in [0.3, 0.4) is 0 Å². The van der Waals surface area contributed by atoms with E-state index in [0.29, 0.717) is 72.9 Å². The number of benzene rings is 2. The lowest BCUT2D eigenvalue weighted by Crippen LogP contribution is -2.62. The number of hydrogen-bond acceptors (Lipinski definition) is 10. The molecule has 53 heavy (non-hydrogen) atoms. The Bertz CT molecular complexity index is 2400. The third kappa shape index (κ3) is 5.61. The van der Waals surface area contributed by atoms with Crippen LogP contribution in [0.5, 0.6) is 0 Å². The first-order chi connectivity index (χ1) is 25.5. The molecule has 3 saturated heterocycles. The number of aromatic nitrogens is 3. The normalized spacial score (nSPS) is 23.9. The molecular formula is C37H39F2N9O4S. The van der Waals surface area contributed by atoms with Crippen molar-refractivity contribution in [3.8, 4) is 0 Å². The van der Waals surface area contributed by atoms with Gasteiger partial charge in [-0.1, -0.05) is 0 Å². The van der Waals surface area contributed by atoms with Crippen LogP contribution in [0.4, 0.5) is 26.0 Å². The number of rotatable bonds is 4. The van der Waals surface area contributed by atoms with Crippen molar-refractivity contribution in [3.05, 3.63) is 57.8 Å². The van der Waals surface area contributed by atoms with Crippen molar-refractivity contribution >= 4 is 78.3 Å². The van der Waals surface area contributed by atoms with E-state index in [9.17, 15) is 19.2 Å². The minimum absolute atomic E-state index is 0.00739. The van der Waals surface area contributed by atoms with E-state index >= 15 is 8.78 Å². The van der Waals surface area contributed by atoms with Crippen LogP contribution in [0.25, 0.3) is 32.0 Å². The second kappa shape index (κ2) is 12.5. The molecule has 16 heteroatoms. The summed E-state index contributed by atoms with van der Waals surface area (Å²) in [5.74, 6) is -3.37. The lowest BCUT2D eigenvalue weighted by Gasteiger charge is -2.47. The molecule has 2 aromatic carbocycles. The first-order valence-corrected chi connectivity index (χ1v) is 18.9. The molecule has 0 bridgehead atoms. The van der Waals surface area contributed by atoms with Crippen LogP contribution in [0.1, 0.15) is 41.9 Å². The van der Waals surface area contributed by atoms with Crippen LogP contribution in [0.2, 0.25) is 0 Å². The van der Waals surface area contributed by atoms with E-state index in [4.69, 9.17) is 4.98 Å². The summed E-state index contributed by atoms with van der Waals surface area (Å²) < 4.78 is 35.9. The zero-order valence-electron chi connectivity index (χ0n) is 29.3. The molecule has 0 saturated carbocycles. The lowest BCUT2D eigenvalue weighted by molar-refractivity contribution is -0.135. The fourth-order valence-corrected chi connectivity index (χ4v) is 9.63. The number of imidazole rings is 1. The lowest BCUT2D eigenvalue weighted by atomic mass is 9.97. The van der Waals surface area contributed by atoms with Gasteiger partial charge in [0.15, 0.2) is 0 Å². The molecule has 9 rings (SSSR count). The Labute approximate surface area is 306 Å². The fourth-order valence-electron chi connectivity index (χ4n) is 8.53. The van der Waals surface area contributed by atoms with Gasteiger partial charge in [0.25, 0.3) is 11.8 Å². The van der Waals surface area contributed by atoms with Crippen molar-refractivity contribution in [1.82, 2.24) is 29.7 Å². The molecule has 0 aliphatic carbocycles. The van der Waals surface area contributed by atoms with Crippen LogP contribution in [-0.2, 0) is 16.6 Å². The zero-order chi connectivity index (χ0) is 36.8. The number of piperazine rings is 1. The summed E-state index contributed by atoms with van der Waals surface area (Å²) in [6.45, 7) is 4.60. The Kier molecular flexibility index (Phi) is 7.96. The van der Waals surface area contributed by atoms with Crippen molar-refractivity contribution in [2.75, 3.05) is 60.9 Å². The Hall–Kier alpha value is -5.09. The number of imide groups is 1. The fraction of sp³-hybridized carbons (Fsp3) is 0.432. The monoisotopic (exact) mass is 743 g/mol. The number of hydrogen-bond donors (Lipinski definition) is 3. The van der Waals surface area contributed by atoms with Crippen LogP contribution in [0, 0.1) is 0 Å². The number of amides is 3. The molecule has 3 N–H and O–H groups in total. The summed E-state index contributed by atoms with van der Waals surface area (Å²) >= 11 is 1.44. The summed E-state index contributed by atoms with van der Waals surface area (Å²) in [7, 11) is 1.66. The number of alkyl halides is 2. The van der Waals surface area contributed by atoms with Gasteiger partial charge < -0.3 is 20.4 Å². The first kappa shape index (κ1) is 33.7. The average Bonchev–Trinajstić information content (AvgIpc) is 3.59. The standard InChI is InChI=1S/C37H39F2N9O4S/c1-20-18-40-32-31-22-4-9-29(42-23(22)5-8-27(31)53-33(32)35(51)41-20)47-12-11-28(37(38,39)19-47)46-15-13-45(14-16-46)21-3-6-24-26(17-21)44(2)36(52)48(24)25-7-10-30(49)43-34(25)50/h3-6,8-9,17,20,25,28,40H,7,10-16,18-19H2,1-2H3,(H,41,51)(H,43,49,50)/t20-,25?,28-/m1/s1. The van der Waals surface area contributed by atoms with Gasteiger partial charge in [-0.2, -0.15) is 0 Å². The Morgan fingerprint density at radius 1 is 0.925 bits per heavy atom. The molecule has 1 unspecified atom stereocenters. The summed E-state index contributed by atoms with van der Waals surface area (Å²) in [6, 6.07) is 11.6. The third-order valence-electron chi connectivity index (χ3n) is 11.3. The molecular weight excluding hydrogens is 705 g/mol. The molecule has 0 radical (unpaired) electrons. The molecule has 5 aromatic rings. The van der Waals surface area contributed by atoms with Crippen LogP contribution in [0.15, 0.2) is 47.3 Å². The number of carbonyl (C=O) groups is 3. The highest BCUT2D eigenvalue weighted by Gasteiger charge is 2.48. The maximum absolute atomic E-state index is 16.0. The van der Waals surface area contributed by atoms with Gasteiger partial charge in [0.1, 0.15) is 16.7 Å². The highest BCUT2D eigenvalue weighted by molar-refractivity contribution is 7.21. The summed E-state index contributed by atoms with van der Waals surface area (Å²) in [5, 5.41) is 10.6. The average molecular weight is 744 g/mol. The van der Waals surface area contributed by atoms with E-state index in [2.05, 4.69) is 20.9 Å². The molecule has 3 amide bonds. The molecule has 13 nitrogen and oxygen atoms in total. The summed E-state index contributed by atoms with van der Waals surface area (Å²) in [4.78, 5) is 61.5. The highest BCUT2D eigenvalue weighted by atomic mass is 32.1. The topological polar surface area (TPSA) is 137 Å². The smallest absolute Gasteiger partial charge is 0.329 e. The van der Waals surface area contributed by atoms with Crippen molar-refractivity contribution in [1.29, 1.82) is 0 Å². The quantitative estimate of drug-likeness (QED) is 0.236. The maximum Gasteiger partial charge on any atom is 0.329 e. The molecule has 7 heterocycles. The maximum atomic E-state index is 16.0. The number of nitrogens with one attached hydrogen (secondary N) is 3. The Morgan fingerprint density at radius 3 is 2.51 bits per heavy atom. The Balaban J connectivity index is 0.886. The molecule has 0 spiro atoms. The highest BCUT2D eigenvalue weighted by Crippen LogP contribution is 2.42. The molecule has 4 aliphatic heterocycles. The minimum Gasteiger partial charge on any atom is -0.381 e. The molecule has 4 aliphatic rings. The zero-order valence-corrected chi connectivity index (χ0v) is 30.1. The predicted octanol–water partition coefficient (Wildman–Crippen LogP) is 3.66. The van der Waals surface area contributed by atoms with E-state index in [-0.39, 0.29) is 36.4 Å². The van der Waals surface area contributed by atoms with E-state index < -0.39 is 30.5 Å². The summed E-state index contributed by atoms with van der Waals surface area (Å²) in [6.07, 6.45) is 0.722. The second-order valence-corrected chi connectivity index (χ2v) is 15.7. The Morgan fingerprint density at radius 2 is 1.74 bits per heavy atom. The van der Waals surface area contributed by atoms with Crippen LogP contribution < -0.4 is 31.4 Å². The van der Waals surface area contributed by atoms with Crippen molar-refractivity contribution < 1.29 is 23.2 Å². The minimum atomic E-state index is -2.96. The van der Waals surface area contributed by atoms with Gasteiger partial charge in [-0.05, 0) is 62.2 Å². The molecule has 276 valence electrons. The van der Waals surface area contributed by atoms with E-state index in [1.807, 2.05) is 54.3 Å². The van der Waals surface area contributed by atoms with Crippen molar-refractivity contribution in [2.24, 2.45) is 7.05 Å². The van der Waals surface area contributed by atoms with E-state index in [1.54, 1.807) is 11.9 Å². The van der Waals surface area contributed by atoms with E-state index in [0.717, 1.165) is 26.8 Å². The number of aryl methyl sites for hydroxylation is 1. The number of halogens is 2. The van der Waals surface area contributed by atoms with Gasteiger partial charge in [-0.3, -0.25) is 33.7 Å². The largest absolute Gasteiger partial charge is 0.381 e. The number of carbonyl (C=O) groups excluding carboxylic acids is 3. The van der Waals surface area contributed by atoms with Crippen LogP contribution >= 0.6 is 11.3 Å². The number of thiophene rings is 1. The van der Waals surface area contributed by atoms with Gasteiger partial charge in [0.05, 0.1) is 34.8 Å². The van der Waals surface area contributed by atoms with Gasteiger partial charge in [-0.25, -0.2) is 18.6 Å². The van der Waals surface area contributed by atoms with Gasteiger partial charge in [0, 0.05) is 79.9 Å². The van der Waals surface area contributed by atoms with Crippen molar-refractivity contribution in [2.45, 2.75) is 50.2 Å².